The fourth-order valence-corrected chi connectivity index (χ4v) is 2.60. The number of hydrogen-bond donors (Lipinski definition) is 1. The lowest BCUT2D eigenvalue weighted by atomic mass is 10.1. The fraction of sp³-hybridized carbons (Fsp3) is 0.238. The molecular formula is C21H22N2O2. The van der Waals surface area contributed by atoms with Crippen LogP contribution in [0.2, 0.25) is 0 Å². The number of pyridine rings is 1. The van der Waals surface area contributed by atoms with E-state index in [-0.39, 0.29) is 5.91 Å². The van der Waals surface area contributed by atoms with E-state index in [1.165, 1.54) is 6.42 Å². The van der Waals surface area contributed by atoms with Gasteiger partial charge in [0.1, 0.15) is 5.75 Å². The summed E-state index contributed by atoms with van der Waals surface area (Å²) in [7, 11) is 0. The Morgan fingerprint density at radius 2 is 1.92 bits per heavy atom. The van der Waals surface area contributed by atoms with Crippen molar-refractivity contribution in [2.24, 2.45) is 0 Å². The topological polar surface area (TPSA) is 51.2 Å². The lowest BCUT2D eigenvalue weighted by molar-refractivity contribution is 0.102. The van der Waals surface area contributed by atoms with Gasteiger partial charge in [0.25, 0.3) is 5.91 Å². The molecule has 3 rings (SSSR count). The molecule has 0 unspecified atom stereocenters. The second kappa shape index (κ2) is 8.29. The van der Waals surface area contributed by atoms with Gasteiger partial charge in [-0.25, -0.2) is 0 Å². The molecule has 0 saturated heterocycles. The molecule has 0 saturated carbocycles. The Bertz CT molecular complexity index is 847. The first kappa shape index (κ1) is 17.0. The second-order valence-electron chi connectivity index (χ2n) is 5.95. The molecule has 0 bridgehead atoms. The fourth-order valence-electron chi connectivity index (χ4n) is 2.60. The number of rotatable bonds is 7. The van der Waals surface area contributed by atoms with Gasteiger partial charge in [-0.1, -0.05) is 38.0 Å². The summed E-state index contributed by atoms with van der Waals surface area (Å²) < 4.78 is 5.75. The third-order valence-electron chi connectivity index (χ3n) is 3.97. The van der Waals surface area contributed by atoms with E-state index in [0.29, 0.717) is 12.2 Å². The number of hydrogen-bond acceptors (Lipinski definition) is 3. The van der Waals surface area contributed by atoms with E-state index in [1.54, 1.807) is 12.3 Å². The largest absolute Gasteiger partial charge is 0.492 e. The van der Waals surface area contributed by atoms with Gasteiger partial charge in [0, 0.05) is 16.6 Å². The van der Waals surface area contributed by atoms with Crippen LogP contribution in [0.1, 0.15) is 36.5 Å². The average molecular weight is 334 g/mol. The zero-order valence-electron chi connectivity index (χ0n) is 14.4. The van der Waals surface area contributed by atoms with E-state index in [4.69, 9.17) is 4.74 Å². The maximum Gasteiger partial charge on any atom is 0.255 e. The molecule has 0 fully saturated rings. The van der Waals surface area contributed by atoms with Crippen molar-refractivity contribution < 1.29 is 9.53 Å². The minimum atomic E-state index is -0.137. The standard InChI is InChI=1S/C21H22N2O2/c1-2-3-7-12-25-19-14-17-13-16(10-11-20(17)22-15-19)21(24)23-18-8-5-4-6-9-18/h4-6,8-11,13-15H,2-3,7,12H2,1H3,(H,23,24). The van der Waals surface area contributed by atoms with E-state index in [9.17, 15) is 4.79 Å². The molecule has 0 aliphatic rings. The molecule has 2 aromatic carbocycles. The van der Waals surface area contributed by atoms with Crippen LogP contribution in [0.15, 0.2) is 60.8 Å². The molecule has 0 aliphatic heterocycles. The van der Waals surface area contributed by atoms with Gasteiger partial charge in [-0.3, -0.25) is 9.78 Å². The van der Waals surface area contributed by atoms with Gasteiger partial charge in [0.2, 0.25) is 0 Å². The van der Waals surface area contributed by atoms with Gasteiger partial charge in [-0.2, -0.15) is 0 Å². The van der Waals surface area contributed by atoms with Crippen molar-refractivity contribution in [2.75, 3.05) is 11.9 Å². The Morgan fingerprint density at radius 1 is 1.08 bits per heavy atom. The number of carbonyl (C=O) groups excluding carboxylic acids is 1. The Morgan fingerprint density at radius 3 is 2.72 bits per heavy atom. The minimum absolute atomic E-state index is 0.137. The van der Waals surface area contributed by atoms with Crippen LogP contribution in [0.3, 0.4) is 0 Å². The molecule has 128 valence electrons. The SMILES string of the molecule is CCCCCOc1cnc2ccc(C(=O)Nc3ccccc3)cc2c1. The highest BCUT2D eigenvalue weighted by molar-refractivity contribution is 6.06. The van der Waals surface area contributed by atoms with E-state index in [2.05, 4.69) is 17.2 Å². The van der Waals surface area contributed by atoms with Crippen molar-refractivity contribution in [3.8, 4) is 5.75 Å². The number of anilines is 1. The monoisotopic (exact) mass is 334 g/mol. The van der Waals surface area contributed by atoms with Gasteiger partial charge in [0.15, 0.2) is 0 Å². The molecule has 1 N–H and O–H groups in total. The van der Waals surface area contributed by atoms with Crippen molar-refractivity contribution in [2.45, 2.75) is 26.2 Å². The van der Waals surface area contributed by atoms with Gasteiger partial charge in [0.05, 0.1) is 18.3 Å². The summed E-state index contributed by atoms with van der Waals surface area (Å²) in [5.74, 6) is 0.603. The van der Waals surface area contributed by atoms with E-state index in [1.807, 2.05) is 48.5 Å². The summed E-state index contributed by atoms with van der Waals surface area (Å²) >= 11 is 0. The third kappa shape index (κ3) is 4.57. The molecule has 1 amide bonds. The van der Waals surface area contributed by atoms with Crippen molar-refractivity contribution in [3.05, 3.63) is 66.4 Å². The molecule has 4 nitrogen and oxygen atoms in total. The van der Waals surface area contributed by atoms with Crippen molar-refractivity contribution >= 4 is 22.5 Å². The molecule has 1 aromatic heterocycles. The molecule has 0 radical (unpaired) electrons. The number of fused-ring (bicyclic) bond motifs is 1. The number of carbonyl (C=O) groups is 1. The highest BCUT2D eigenvalue weighted by Crippen LogP contribution is 2.21. The van der Waals surface area contributed by atoms with E-state index < -0.39 is 0 Å². The van der Waals surface area contributed by atoms with Crippen LogP contribution in [0, 0.1) is 0 Å². The quantitative estimate of drug-likeness (QED) is 0.615. The number of ether oxygens (including phenoxy) is 1. The van der Waals surface area contributed by atoms with Crippen LogP contribution >= 0.6 is 0 Å². The maximum absolute atomic E-state index is 12.4. The molecule has 1 heterocycles. The van der Waals surface area contributed by atoms with Gasteiger partial charge in [-0.15, -0.1) is 0 Å². The summed E-state index contributed by atoms with van der Waals surface area (Å²) in [6.45, 7) is 2.86. The lowest BCUT2D eigenvalue weighted by Gasteiger charge is -2.08. The molecule has 0 atom stereocenters. The summed E-state index contributed by atoms with van der Waals surface area (Å²) in [4.78, 5) is 16.8. The predicted molar refractivity (Wildman–Crippen MR) is 101 cm³/mol. The van der Waals surface area contributed by atoms with Crippen molar-refractivity contribution in [1.82, 2.24) is 4.98 Å². The smallest absolute Gasteiger partial charge is 0.255 e. The molecule has 0 spiro atoms. The van der Waals surface area contributed by atoms with Gasteiger partial charge < -0.3 is 10.1 Å². The van der Waals surface area contributed by atoms with Crippen LogP contribution in [0.25, 0.3) is 10.9 Å². The molecule has 3 aromatic rings. The summed E-state index contributed by atoms with van der Waals surface area (Å²) in [5, 5.41) is 3.79. The first-order valence-electron chi connectivity index (χ1n) is 8.65. The summed E-state index contributed by atoms with van der Waals surface area (Å²) in [5.41, 5.74) is 2.22. The van der Waals surface area contributed by atoms with Crippen LogP contribution in [0.5, 0.6) is 5.75 Å². The highest BCUT2D eigenvalue weighted by atomic mass is 16.5. The number of aromatic nitrogens is 1. The Hall–Kier alpha value is -2.88. The average Bonchev–Trinajstić information content (AvgIpc) is 2.65. The number of para-hydroxylation sites is 1. The van der Waals surface area contributed by atoms with Gasteiger partial charge in [-0.05, 0) is 42.8 Å². The summed E-state index contributed by atoms with van der Waals surface area (Å²) in [6, 6.07) is 16.9. The Labute approximate surface area is 147 Å². The molecule has 0 aliphatic carbocycles. The normalized spacial score (nSPS) is 10.6. The Balaban J connectivity index is 1.74. The third-order valence-corrected chi connectivity index (χ3v) is 3.97. The highest BCUT2D eigenvalue weighted by Gasteiger charge is 2.08. The van der Waals surface area contributed by atoms with Crippen LogP contribution < -0.4 is 10.1 Å². The maximum atomic E-state index is 12.4. The van der Waals surface area contributed by atoms with Crippen molar-refractivity contribution in [3.63, 3.8) is 0 Å². The Kier molecular flexibility index (Phi) is 5.62. The van der Waals surface area contributed by atoms with Crippen molar-refractivity contribution in [1.29, 1.82) is 0 Å². The number of benzene rings is 2. The number of unbranched alkanes of at least 4 members (excludes halogenated alkanes) is 2. The van der Waals surface area contributed by atoms with E-state index in [0.717, 1.165) is 35.2 Å². The zero-order chi connectivity index (χ0) is 17.5. The second-order valence-corrected chi connectivity index (χ2v) is 5.95. The zero-order valence-corrected chi connectivity index (χ0v) is 14.4. The first-order chi connectivity index (χ1) is 12.3. The number of nitrogens with zero attached hydrogens (tertiary/aromatic N) is 1. The molecule has 4 heteroatoms. The van der Waals surface area contributed by atoms with Crippen LogP contribution in [-0.4, -0.2) is 17.5 Å². The van der Waals surface area contributed by atoms with E-state index >= 15 is 0 Å². The lowest BCUT2D eigenvalue weighted by Crippen LogP contribution is -2.11. The van der Waals surface area contributed by atoms with Crippen LogP contribution in [-0.2, 0) is 0 Å². The number of amides is 1. The molecule has 25 heavy (non-hydrogen) atoms. The van der Waals surface area contributed by atoms with Gasteiger partial charge >= 0.3 is 0 Å². The predicted octanol–water partition coefficient (Wildman–Crippen LogP) is 5.06. The van der Waals surface area contributed by atoms with Crippen LogP contribution in [0.4, 0.5) is 5.69 Å². The molecular weight excluding hydrogens is 312 g/mol. The number of nitrogens with one attached hydrogen (secondary N) is 1. The minimum Gasteiger partial charge on any atom is -0.492 e. The first-order valence-corrected chi connectivity index (χ1v) is 8.65. The summed E-state index contributed by atoms with van der Waals surface area (Å²) in [6.07, 6.45) is 5.09.